The largest absolute Gasteiger partial charge is 0.304 e. The standard InChI is InChI=1S/C19H15N5OS/c25-18(16-13-26-19(21-16)15-4-2-1-3-5-15)22-17-8-11-24(23-17)12-14-6-9-20-10-7-14/h1-11,13H,12H2,(H,22,23,25). The van der Waals surface area contributed by atoms with Gasteiger partial charge in [-0.2, -0.15) is 5.10 Å². The van der Waals surface area contributed by atoms with E-state index < -0.39 is 0 Å². The van der Waals surface area contributed by atoms with Crippen molar-refractivity contribution in [3.8, 4) is 10.6 Å². The normalized spacial score (nSPS) is 10.6. The molecule has 7 heteroatoms. The molecule has 1 N–H and O–H groups in total. The number of benzene rings is 1. The van der Waals surface area contributed by atoms with Crippen LogP contribution in [0.15, 0.2) is 72.5 Å². The summed E-state index contributed by atoms with van der Waals surface area (Å²) < 4.78 is 1.77. The van der Waals surface area contributed by atoms with Gasteiger partial charge in [-0.1, -0.05) is 30.3 Å². The summed E-state index contributed by atoms with van der Waals surface area (Å²) in [5.74, 6) is 0.232. The lowest BCUT2D eigenvalue weighted by molar-refractivity contribution is 0.102. The highest BCUT2D eigenvalue weighted by Crippen LogP contribution is 2.23. The third-order valence-corrected chi connectivity index (χ3v) is 4.63. The van der Waals surface area contributed by atoms with Gasteiger partial charge in [0.25, 0.3) is 5.91 Å². The highest BCUT2D eigenvalue weighted by molar-refractivity contribution is 7.13. The predicted molar refractivity (Wildman–Crippen MR) is 101 cm³/mol. The van der Waals surface area contributed by atoms with Crippen LogP contribution in [-0.2, 0) is 6.54 Å². The van der Waals surface area contributed by atoms with E-state index in [4.69, 9.17) is 0 Å². The van der Waals surface area contributed by atoms with Crippen LogP contribution in [0.2, 0.25) is 0 Å². The zero-order valence-electron chi connectivity index (χ0n) is 13.7. The molecule has 0 aliphatic heterocycles. The first-order valence-corrected chi connectivity index (χ1v) is 8.90. The Kier molecular flexibility index (Phi) is 4.53. The molecule has 1 amide bonds. The van der Waals surface area contributed by atoms with E-state index in [0.29, 0.717) is 18.1 Å². The Balaban J connectivity index is 1.43. The van der Waals surface area contributed by atoms with Crippen molar-refractivity contribution in [2.24, 2.45) is 0 Å². The minimum atomic E-state index is -0.266. The number of nitrogens with one attached hydrogen (secondary N) is 1. The third kappa shape index (κ3) is 3.68. The summed E-state index contributed by atoms with van der Waals surface area (Å²) in [7, 11) is 0. The Labute approximate surface area is 154 Å². The molecule has 3 aromatic heterocycles. The molecule has 0 saturated carbocycles. The van der Waals surface area contributed by atoms with Crippen molar-refractivity contribution in [3.05, 3.63) is 83.8 Å². The summed E-state index contributed by atoms with van der Waals surface area (Å²) in [4.78, 5) is 20.8. The van der Waals surface area contributed by atoms with E-state index in [1.807, 2.05) is 48.7 Å². The second-order valence-corrected chi connectivity index (χ2v) is 6.47. The van der Waals surface area contributed by atoms with Crippen LogP contribution in [0.4, 0.5) is 5.82 Å². The minimum Gasteiger partial charge on any atom is -0.304 e. The van der Waals surface area contributed by atoms with Crippen LogP contribution in [0.1, 0.15) is 16.1 Å². The second-order valence-electron chi connectivity index (χ2n) is 5.61. The maximum Gasteiger partial charge on any atom is 0.276 e. The third-order valence-electron chi connectivity index (χ3n) is 3.73. The van der Waals surface area contributed by atoms with Crippen LogP contribution >= 0.6 is 11.3 Å². The number of pyridine rings is 1. The SMILES string of the molecule is O=C(Nc1ccn(Cc2ccncc2)n1)c1csc(-c2ccccc2)n1. The lowest BCUT2D eigenvalue weighted by atomic mass is 10.2. The fourth-order valence-corrected chi connectivity index (χ4v) is 3.27. The summed E-state index contributed by atoms with van der Waals surface area (Å²) in [6, 6.07) is 15.4. The molecule has 1 aromatic carbocycles. The molecule has 0 atom stereocenters. The minimum absolute atomic E-state index is 0.266. The van der Waals surface area contributed by atoms with Gasteiger partial charge in [-0.05, 0) is 17.7 Å². The lowest BCUT2D eigenvalue weighted by Crippen LogP contribution is -2.13. The monoisotopic (exact) mass is 361 g/mol. The van der Waals surface area contributed by atoms with Gasteiger partial charge in [-0.3, -0.25) is 14.5 Å². The predicted octanol–water partition coefficient (Wildman–Crippen LogP) is 3.70. The van der Waals surface area contributed by atoms with E-state index in [1.165, 1.54) is 11.3 Å². The summed E-state index contributed by atoms with van der Waals surface area (Å²) >= 11 is 1.45. The molecule has 3 heterocycles. The first-order chi connectivity index (χ1) is 12.8. The first kappa shape index (κ1) is 16.2. The van der Waals surface area contributed by atoms with Crippen LogP contribution in [0.25, 0.3) is 10.6 Å². The van der Waals surface area contributed by atoms with Gasteiger partial charge < -0.3 is 5.32 Å². The molecule has 4 aromatic rings. The van der Waals surface area contributed by atoms with Crippen LogP contribution < -0.4 is 5.32 Å². The van der Waals surface area contributed by atoms with E-state index in [1.54, 1.807) is 28.5 Å². The van der Waals surface area contributed by atoms with Gasteiger partial charge in [-0.15, -0.1) is 11.3 Å². The number of thiazole rings is 1. The summed E-state index contributed by atoms with van der Waals surface area (Å²) in [6.45, 7) is 0.618. The van der Waals surface area contributed by atoms with Gasteiger partial charge in [0.1, 0.15) is 10.7 Å². The average Bonchev–Trinajstić information content (AvgIpc) is 3.33. The molecule has 128 valence electrons. The molecule has 0 spiro atoms. The maximum atomic E-state index is 12.4. The van der Waals surface area contributed by atoms with Crippen molar-refractivity contribution in [3.63, 3.8) is 0 Å². The molecular formula is C19H15N5OS. The lowest BCUT2D eigenvalue weighted by Gasteiger charge is -2.01. The highest BCUT2D eigenvalue weighted by atomic mass is 32.1. The summed E-state index contributed by atoms with van der Waals surface area (Å²) in [5, 5.41) is 9.74. The summed E-state index contributed by atoms with van der Waals surface area (Å²) in [6.07, 6.45) is 5.31. The molecule has 0 saturated heterocycles. The zero-order valence-corrected chi connectivity index (χ0v) is 14.6. The van der Waals surface area contributed by atoms with Gasteiger partial charge >= 0.3 is 0 Å². The van der Waals surface area contributed by atoms with E-state index in [-0.39, 0.29) is 5.91 Å². The molecule has 0 fully saturated rings. The van der Waals surface area contributed by atoms with Crippen molar-refractivity contribution < 1.29 is 4.79 Å². The fraction of sp³-hybridized carbons (Fsp3) is 0.0526. The van der Waals surface area contributed by atoms with Crippen molar-refractivity contribution in [2.45, 2.75) is 6.54 Å². The van der Waals surface area contributed by atoms with Gasteiger partial charge in [0.05, 0.1) is 6.54 Å². The Morgan fingerprint density at radius 2 is 1.88 bits per heavy atom. The second kappa shape index (κ2) is 7.28. The van der Waals surface area contributed by atoms with Gasteiger partial charge in [-0.25, -0.2) is 4.98 Å². The smallest absolute Gasteiger partial charge is 0.276 e. The van der Waals surface area contributed by atoms with Crippen LogP contribution in [-0.4, -0.2) is 25.7 Å². The van der Waals surface area contributed by atoms with Crippen LogP contribution in [0.3, 0.4) is 0 Å². The topological polar surface area (TPSA) is 72.7 Å². The number of aromatic nitrogens is 4. The average molecular weight is 361 g/mol. The molecule has 6 nitrogen and oxygen atoms in total. The zero-order chi connectivity index (χ0) is 17.8. The Hall–Kier alpha value is -3.32. The quantitative estimate of drug-likeness (QED) is 0.588. The number of hydrogen-bond donors (Lipinski definition) is 1. The molecule has 0 unspecified atom stereocenters. The van der Waals surface area contributed by atoms with E-state index >= 15 is 0 Å². The number of amides is 1. The van der Waals surface area contributed by atoms with Gasteiger partial charge in [0, 0.05) is 35.6 Å². The molecule has 26 heavy (non-hydrogen) atoms. The Morgan fingerprint density at radius 3 is 2.69 bits per heavy atom. The first-order valence-electron chi connectivity index (χ1n) is 8.02. The number of anilines is 1. The van der Waals surface area contributed by atoms with Crippen LogP contribution in [0, 0.1) is 0 Å². The highest BCUT2D eigenvalue weighted by Gasteiger charge is 2.13. The van der Waals surface area contributed by atoms with Crippen molar-refractivity contribution >= 4 is 23.1 Å². The number of carbonyl (C=O) groups is 1. The number of carbonyl (C=O) groups excluding carboxylic acids is 1. The van der Waals surface area contributed by atoms with Crippen molar-refractivity contribution in [2.75, 3.05) is 5.32 Å². The van der Waals surface area contributed by atoms with Gasteiger partial charge in [0.15, 0.2) is 5.82 Å². The van der Waals surface area contributed by atoms with Crippen molar-refractivity contribution in [1.29, 1.82) is 0 Å². The maximum absolute atomic E-state index is 12.4. The number of hydrogen-bond acceptors (Lipinski definition) is 5. The molecule has 0 bridgehead atoms. The Morgan fingerprint density at radius 1 is 1.08 bits per heavy atom. The van der Waals surface area contributed by atoms with Gasteiger partial charge in [0.2, 0.25) is 0 Å². The van der Waals surface area contributed by atoms with Crippen LogP contribution in [0.5, 0.6) is 0 Å². The molecular weight excluding hydrogens is 346 g/mol. The molecule has 0 aliphatic carbocycles. The molecule has 4 rings (SSSR count). The molecule has 0 aliphatic rings. The Bertz CT molecular complexity index is 1010. The van der Waals surface area contributed by atoms with E-state index in [2.05, 4.69) is 20.4 Å². The van der Waals surface area contributed by atoms with Crippen molar-refractivity contribution in [1.82, 2.24) is 19.7 Å². The van der Waals surface area contributed by atoms with E-state index in [9.17, 15) is 4.79 Å². The fourth-order valence-electron chi connectivity index (χ4n) is 2.46. The van der Waals surface area contributed by atoms with E-state index in [0.717, 1.165) is 16.1 Å². The summed E-state index contributed by atoms with van der Waals surface area (Å²) in [5.41, 5.74) is 2.48. The number of rotatable bonds is 5. The number of nitrogens with zero attached hydrogens (tertiary/aromatic N) is 4. The molecule has 0 radical (unpaired) electrons.